The largest absolute Gasteiger partial charge is 0.466 e. The van der Waals surface area contributed by atoms with E-state index < -0.39 is 22.8 Å². The lowest BCUT2D eigenvalue weighted by molar-refractivity contribution is -0.384. The number of benzene rings is 1. The van der Waals surface area contributed by atoms with Crippen LogP contribution in [-0.4, -0.2) is 35.9 Å². The van der Waals surface area contributed by atoms with Gasteiger partial charge in [-0.05, 0) is 19.4 Å². The van der Waals surface area contributed by atoms with Gasteiger partial charge < -0.3 is 14.8 Å². The molecule has 1 heterocycles. The molecule has 0 spiro atoms. The number of esters is 2. The van der Waals surface area contributed by atoms with Gasteiger partial charge in [0.1, 0.15) is 0 Å². The SMILES string of the molecule is CCOC(=O)C1=C(CBr)NC(C)=C(C(=O)OC)[C@@H]1c1cccc([N+](=O)[O-])c1. The number of methoxy groups -OCH3 is 1. The summed E-state index contributed by atoms with van der Waals surface area (Å²) in [5.41, 5.74) is 1.71. The van der Waals surface area contributed by atoms with Crippen molar-refractivity contribution in [2.24, 2.45) is 0 Å². The summed E-state index contributed by atoms with van der Waals surface area (Å²) in [6.45, 7) is 3.50. The number of alkyl halides is 1. The summed E-state index contributed by atoms with van der Waals surface area (Å²) < 4.78 is 10.1. The molecule has 1 aromatic carbocycles. The summed E-state index contributed by atoms with van der Waals surface area (Å²) in [6, 6.07) is 5.83. The fourth-order valence-corrected chi connectivity index (χ4v) is 3.43. The Bertz CT molecular complexity index is 846. The summed E-state index contributed by atoms with van der Waals surface area (Å²) in [6.07, 6.45) is 0. The van der Waals surface area contributed by atoms with Crippen LogP contribution in [-0.2, 0) is 19.1 Å². The van der Waals surface area contributed by atoms with Crippen LogP contribution in [0.25, 0.3) is 0 Å². The third kappa shape index (κ3) is 4.19. The Kier molecular flexibility index (Phi) is 6.73. The molecule has 0 unspecified atom stereocenters. The normalized spacial score (nSPS) is 16.7. The van der Waals surface area contributed by atoms with Crippen LogP contribution in [0.4, 0.5) is 5.69 Å². The second-order valence-corrected chi connectivity index (χ2v) is 6.25. The van der Waals surface area contributed by atoms with E-state index in [2.05, 4.69) is 21.2 Å². The van der Waals surface area contributed by atoms with Gasteiger partial charge in [0.15, 0.2) is 0 Å². The molecule has 8 nitrogen and oxygen atoms in total. The van der Waals surface area contributed by atoms with Crippen LogP contribution in [0.1, 0.15) is 25.3 Å². The quantitative estimate of drug-likeness (QED) is 0.314. The van der Waals surface area contributed by atoms with Gasteiger partial charge in [0.05, 0.1) is 35.7 Å². The molecule has 9 heteroatoms. The minimum atomic E-state index is -0.856. The van der Waals surface area contributed by atoms with Gasteiger partial charge >= 0.3 is 11.9 Å². The van der Waals surface area contributed by atoms with Crippen molar-refractivity contribution in [1.82, 2.24) is 5.32 Å². The van der Waals surface area contributed by atoms with Crippen molar-refractivity contribution in [3.63, 3.8) is 0 Å². The number of hydrogen-bond acceptors (Lipinski definition) is 7. The molecular formula is C18H19BrN2O6. The number of nitro benzene ring substituents is 1. The van der Waals surface area contributed by atoms with Crippen molar-refractivity contribution in [2.45, 2.75) is 19.8 Å². The highest BCUT2D eigenvalue weighted by molar-refractivity contribution is 9.09. The molecule has 0 amide bonds. The average Bonchev–Trinajstić information content (AvgIpc) is 2.66. The number of carbonyl (C=O) groups is 2. The zero-order valence-electron chi connectivity index (χ0n) is 15.1. The maximum Gasteiger partial charge on any atom is 0.336 e. The lowest BCUT2D eigenvalue weighted by Gasteiger charge is -2.30. The minimum Gasteiger partial charge on any atom is -0.466 e. The topological polar surface area (TPSA) is 108 Å². The van der Waals surface area contributed by atoms with Crippen molar-refractivity contribution in [3.8, 4) is 0 Å². The Morgan fingerprint density at radius 2 is 2.00 bits per heavy atom. The molecular weight excluding hydrogens is 420 g/mol. The molecule has 0 radical (unpaired) electrons. The van der Waals surface area contributed by atoms with Crippen LogP contribution in [0, 0.1) is 10.1 Å². The summed E-state index contributed by atoms with van der Waals surface area (Å²) in [4.78, 5) is 35.8. The van der Waals surface area contributed by atoms with Gasteiger partial charge in [0, 0.05) is 28.9 Å². The molecule has 0 saturated heterocycles. The van der Waals surface area contributed by atoms with Gasteiger partial charge in [0.2, 0.25) is 0 Å². The van der Waals surface area contributed by atoms with Gasteiger partial charge in [-0.2, -0.15) is 0 Å². The number of nitrogens with one attached hydrogen (secondary N) is 1. The molecule has 1 atom stereocenters. The number of ether oxygens (including phenoxy) is 2. The Balaban J connectivity index is 2.74. The highest BCUT2D eigenvalue weighted by Crippen LogP contribution is 2.40. The van der Waals surface area contributed by atoms with E-state index in [1.807, 2.05) is 0 Å². The molecule has 1 aromatic rings. The van der Waals surface area contributed by atoms with Crippen LogP contribution in [0.2, 0.25) is 0 Å². The lowest BCUT2D eigenvalue weighted by Crippen LogP contribution is -2.33. The van der Waals surface area contributed by atoms with E-state index in [1.165, 1.54) is 25.3 Å². The number of allylic oxidation sites excluding steroid dienone is 2. The van der Waals surface area contributed by atoms with Crippen molar-refractivity contribution in [1.29, 1.82) is 0 Å². The number of non-ortho nitro benzene ring substituents is 1. The van der Waals surface area contributed by atoms with Crippen LogP contribution >= 0.6 is 15.9 Å². The lowest BCUT2D eigenvalue weighted by atomic mass is 9.80. The molecule has 1 aliphatic heterocycles. The number of hydrogen-bond donors (Lipinski definition) is 1. The van der Waals surface area contributed by atoms with Crippen LogP contribution in [0.15, 0.2) is 46.8 Å². The first kappa shape index (κ1) is 20.6. The first-order valence-corrected chi connectivity index (χ1v) is 9.24. The summed E-state index contributed by atoms with van der Waals surface area (Å²) in [5.74, 6) is -2.10. The smallest absolute Gasteiger partial charge is 0.336 e. The Morgan fingerprint density at radius 1 is 1.30 bits per heavy atom. The number of carbonyl (C=O) groups excluding carboxylic acids is 2. The third-order valence-electron chi connectivity index (χ3n) is 4.09. The number of nitro groups is 1. The highest BCUT2D eigenvalue weighted by atomic mass is 79.9. The van der Waals surface area contributed by atoms with Gasteiger partial charge in [0.25, 0.3) is 5.69 Å². The Labute approximate surface area is 164 Å². The van der Waals surface area contributed by atoms with Gasteiger partial charge in [-0.25, -0.2) is 9.59 Å². The van der Waals surface area contributed by atoms with E-state index in [1.54, 1.807) is 19.9 Å². The summed E-state index contributed by atoms with van der Waals surface area (Å²) >= 11 is 3.33. The minimum absolute atomic E-state index is 0.142. The second-order valence-electron chi connectivity index (χ2n) is 5.69. The maximum atomic E-state index is 12.7. The van der Waals surface area contributed by atoms with Gasteiger partial charge in [-0.15, -0.1) is 0 Å². The highest BCUT2D eigenvalue weighted by Gasteiger charge is 2.38. The van der Waals surface area contributed by atoms with Crippen molar-refractivity contribution >= 4 is 33.6 Å². The molecule has 0 saturated carbocycles. The maximum absolute atomic E-state index is 12.7. The fourth-order valence-electron chi connectivity index (χ4n) is 2.98. The molecule has 144 valence electrons. The molecule has 0 aliphatic carbocycles. The van der Waals surface area contributed by atoms with E-state index in [9.17, 15) is 19.7 Å². The molecule has 1 aliphatic rings. The molecule has 0 fully saturated rings. The molecule has 27 heavy (non-hydrogen) atoms. The third-order valence-corrected chi connectivity index (χ3v) is 4.65. The zero-order chi connectivity index (χ0) is 20.1. The second kappa shape index (κ2) is 8.81. The first-order chi connectivity index (χ1) is 12.8. The van der Waals surface area contributed by atoms with E-state index >= 15 is 0 Å². The fraction of sp³-hybridized carbons (Fsp3) is 0.333. The molecule has 0 bridgehead atoms. The summed E-state index contributed by atoms with van der Waals surface area (Å²) in [7, 11) is 1.24. The molecule has 0 aromatic heterocycles. The van der Waals surface area contributed by atoms with Crippen LogP contribution in [0.3, 0.4) is 0 Å². The Hall–Kier alpha value is -2.68. The monoisotopic (exact) mass is 438 g/mol. The average molecular weight is 439 g/mol. The predicted octanol–water partition coefficient (Wildman–Crippen LogP) is 2.94. The van der Waals surface area contributed by atoms with Gasteiger partial charge in [-0.3, -0.25) is 10.1 Å². The number of nitrogens with zero attached hydrogens (tertiary/aromatic N) is 1. The van der Waals surface area contributed by atoms with Crippen LogP contribution < -0.4 is 5.32 Å². The van der Waals surface area contributed by atoms with Gasteiger partial charge in [-0.1, -0.05) is 28.1 Å². The van der Waals surface area contributed by atoms with Crippen LogP contribution in [0.5, 0.6) is 0 Å². The van der Waals surface area contributed by atoms with E-state index in [0.29, 0.717) is 22.3 Å². The van der Waals surface area contributed by atoms with Crippen molar-refractivity contribution in [2.75, 3.05) is 19.0 Å². The first-order valence-electron chi connectivity index (χ1n) is 8.12. The molecule has 1 N–H and O–H groups in total. The molecule has 2 rings (SSSR count). The van der Waals surface area contributed by atoms with E-state index in [0.717, 1.165) is 0 Å². The Morgan fingerprint density at radius 3 is 2.56 bits per heavy atom. The number of dihydropyridines is 1. The predicted molar refractivity (Wildman–Crippen MR) is 101 cm³/mol. The van der Waals surface area contributed by atoms with Crippen molar-refractivity contribution in [3.05, 3.63) is 62.5 Å². The van der Waals surface area contributed by atoms with E-state index in [4.69, 9.17) is 9.47 Å². The number of halogens is 1. The number of rotatable bonds is 6. The zero-order valence-corrected chi connectivity index (χ0v) is 16.7. The van der Waals surface area contributed by atoms with E-state index in [-0.39, 0.29) is 23.4 Å². The van der Waals surface area contributed by atoms with Crippen molar-refractivity contribution < 1.29 is 24.0 Å². The standard InChI is InChI=1S/C18H19BrN2O6/c1-4-27-18(23)16-13(9-19)20-10(2)14(17(22)26-3)15(16)11-6-5-7-12(8-11)21(24)25/h5-8,15,20H,4,9H2,1-3H3/t15-/m0/s1. The summed E-state index contributed by atoms with van der Waals surface area (Å²) in [5, 5.41) is 14.5.